The van der Waals surface area contributed by atoms with Crippen molar-refractivity contribution >= 4 is 11.9 Å². The van der Waals surface area contributed by atoms with Crippen LogP contribution in [-0.4, -0.2) is 47.6 Å². The summed E-state index contributed by atoms with van der Waals surface area (Å²) in [6, 6.07) is 0.430. The van der Waals surface area contributed by atoms with Gasteiger partial charge in [-0.25, -0.2) is 0 Å². The van der Waals surface area contributed by atoms with Gasteiger partial charge in [0, 0.05) is 25.6 Å². The molecule has 0 spiro atoms. The van der Waals surface area contributed by atoms with E-state index in [1.807, 2.05) is 6.92 Å². The quantitative estimate of drug-likeness (QED) is 0.596. The summed E-state index contributed by atoms with van der Waals surface area (Å²) in [5.74, 6) is -0.822. The highest BCUT2D eigenvalue weighted by Crippen LogP contribution is 1.99. The number of carbonyl (C=O) groups excluding carboxylic acids is 1. The Morgan fingerprint density at radius 1 is 1.29 bits per heavy atom. The molecule has 0 aromatic rings. The summed E-state index contributed by atoms with van der Waals surface area (Å²) in [6.45, 7) is 7.69. The van der Waals surface area contributed by atoms with Gasteiger partial charge in [0.2, 0.25) is 5.91 Å². The van der Waals surface area contributed by atoms with Crippen LogP contribution in [-0.2, 0) is 9.59 Å². The molecule has 100 valence electrons. The number of carboxylic acid groups (broad SMARTS) is 1. The van der Waals surface area contributed by atoms with Crippen molar-refractivity contribution in [2.45, 2.75) is 46.1 Å². The molecule has 5 nitrogen and oxygen atoms in total. The van der Waals surface area contributed by atoms with Crippen molar-refractivity contribution in [2.75, 3.05) is 19.6 Å². The molecule has 1 amide bonds. The second-order valence-electron chi connectivity index (χ2n) is 4.33. The molecule has 0 atom stereocenters. The standard InChI is InChI=1S/C12H24N2O3/c1-4-14(9-7-12(16)17)11(15)6-5-8-13-10(2)3/h10,13H,4-9H2,1-3H3,(H,16,17). The first-order chi connectivity index (χ1) is 7.97. The Kier molecular flexibility index (Phi) is 8.40. The SMILES string of the molecule is CCN(CCC(=O)O)C(=O)CCCNC(C)C. The van der Waals surface area contributed by atoms with Crippen molar-refractivity contribution in [2.24, 2.45) is 0 Å². The number of hydrogen-bond acceptors (Lipinski definition) is 3. The summed E-state index contributed by atoms with van der Waals surface area (Å²) >= 11 is 0. The highest BCUT2D eigenvalue weighted by molar-refractivity contribution is 5.77. The van der Waals surface area contributed by atoms with Crippen LogP contribution < -0.4 is 5.32 Å². The van der Waals surface area contributed by atoms with E-state index in [1.54, 1.807) is 4.90 Å². The Morgan fingerprint density at radius 2 is 1.94 bits per heavy atom. The van der Waals surface area contributed by atoms with Crippen LogP contribution in [0.1, 0.15) is 40.0 Å². The van der Waals surface area contributed by atoms with Crippen LogP contribution in [0.25, 0.3) is 0 Å². The molecule has 0 aromatic carbocycles. The smallest absolute Gasteiger partial charge is 0.305 e. The minimum atomic E-state index is -0.863. The predicted molar refractivity (Wildman–Crippen MR) is 66.9 cm³/mol. The third-order valence-corrected chi connectivity index (χ3v) is 2.45. The van der Waals surface area contributed by atoms with Gasteiger partial charge in [0.15, 0.2) is 0 Å². The second-order valence-corrected chi connectivity index (χ2v) is 4.33. The van der Waals surface area contributed by atoms with Crippen molar-refractivity contribution in [3.05, 3.63) is 0 Å². The Bertz CT molecular complexity index is 242. The van der Waals surface area contributed by atoms with Crippen LogP contribution in [0.15, 0.2) is 0 Å². The van der Waals surface area contributed by atoms with E-state index in [0.29, 0.717) is 25.6 Å². The minimum Gasteiger partial charge on any atom is -0.481 e. The Labute approximate surface area is 103 Å². The predicted octanol–water partition coefficient (Wildman–Crippen LogP) is 1.09. The summed E-state index contributed by atoms with van der Waals surface area (Å²) in [6.07, 6.45) is 1.29. The largest absolute Gasteiger partial charge is 0.481 e. The van der Waals surface area contributed by atoms with E-state index in [-0.39, 0.29) is 12.3 Å². The molecule has 0 bridgehead atoms. The van der Waals surface area contributed by atoms with Gasteiger partial charge in [-0.15, -0.1) is 0 Å². The van der Waals surface area contributed by atoms with Crippen LogP contribution in [0.2, 0.25) is 0 Å². The monoisotopic (exact) mass is 244 g/mol. The molecule has 0 heterocycles. The molecule has 5 heteroatoms. The lowest BCUT2D eigenvalue weighted by Gasteiger charge is -2.20. The van der Waals surface area contributed by atoms with Gasteiger partial charge in [0.05, 0.1) is 6.42 Å². The number of nitrogens with one attached hydrogen (secondary N) is 1. The van der Waals surface area contributed by atoms with E-state index < -0.39 is 5.97 Å². The average molecular weight is 244 g/mol. The molecule has 0 fully saturated rings. The Balaban J connectivity index is 3.80. The molecule has 0 aliphatic carbocycles. The minimum absolute atomic E-state index is 0.0177. The molecule has 2 N–H and O–H groups in total. The fourth-order valence-corrected chi connectivity index (χ4v) is 1.48. The van der Waals surface area contributed by atoms with Crippen molar-refractivity contribution in [1.29, 1.82) is 0 Å². The van der Waals surface area contributed by atoms with Gasteiger partial charge in [-0.3, -0.25) is 9.59 Å². The zero-order valence-electron chi connectivity index (χ0n) is 11.0. The lowest BCUT2D eigenvalue weighted by Crippen LogP contribution is -2.33. The normalized spacial score (nSPS) is 10.6. The number of carboxylic acids is 1. The van der Waals surface area contributed by atoms with E-state index in [4.69, 9.17) is 5.11 Å². The van der Waals surface area contributed by atoms with Crippen molar-refractivity contribution in [3.8, 4) is 0 Å². The molecule has 0 radical (unpaired) electrons. The first kappa shape index (κ1) is 15.9. The summed E-state index contributed by atoms with van der Waals surface area (Å²) in [4.78, 5) is 23.8. The molecule has 0 saturated carbocycles. The fraction of sp³-hybridized carbons (Fsp3) is 0.833. The van der Waals surface area contributed by atoms with Gasteiger partial charge in [-0.2, -0.15) is 0 Å². The summed E-state index contributed by atoms with van der Waals surface area (Å²) in [5, 5.41) is 11.8. The van der Waals surface area contributed by atoms with Crippen molar-refractivity contribution in [3.63, 3.8) is 0 Å². The van der Waals surface area contributed by atoms with Gasteiger partial charge in [-0.05, 0) is 19.9 Å². The fourth-order valence-electron chi connectivity index (χ4n) is 1.48. The molecule has 0 rings (SSSR count). The maximum absolute atomic E-state index is 11.7. The summed E-state index contributed by atoms with van der Waals surface area (Å²) in [5.41, 5.74) is 0. The maximum Gasteiger partial charge on any atom is 0.305 e. The summed E-state index contributed by atoms with van der Waals surface area (Å²) in [7, 11) is 0. The molecule has 0 saturated heterocycles. The number of aliphatic carboxylic acids is 1. The summed E-state index contributed by atoms with van der Waals surface area (Å²) < 4.78 is 0. The Morgan fingerprint density at radius 3 is 2.41 bits per heavy atom. The van der Waals surface area contributed by atoms with Gasteiger partial charge >= 0.3 is 5.97 Å². The van der Waals surface area contributed by atoms with Gasteiger partial charge < -0.3 is 15.3 Å². The third-order valence-electron chi connectivity index (χ3n) is 2.45. The van der Waals surface area contributed by atoms with E-state index in [9.17, 15) is 9.59 Å². The molecule has 0 aliphatic heterocycles. The third kappa shape index (κ3) is 8.68. The molecular formula is C12H24N2O3. The molecule has 0 unspecified atom stereocenters. The molecular weight excluding hydrogens is 220 g/mol. The van der Waals surface area contributed by atoms with Gasteiger partial charge in [0.1, 0.15) is 0 Å². The van der Waals surface area contributed by atoms with Crippen LogP contribution in [0.4, 0.5) is 0 Å². The van der Waals surface area contributed by atoms with Crippen LogP contribution >= 0.6 is 0 Å². The number of rotatable bonds is 9. The van der Waals surface area contributed by atoms with Gasteiger partial charge in [-0.1, -0.05) is 13.8 Å². The van der Waals surface area contributed by atoms with E-state index in [2.05, 4.69) is 19.2 Å². The lowest BCUT2D eigenvalue weighted by atomic mass is 10.2. The number of hydrogen-bond donors (Lipinski definition) is 2. The van der Waals surface area contributed by atoms with Crippen LogP contribution in [0.5, 0.6) is 0 Å². The Hall–Kier alpha value is -1.10. The zero-order chi connectivity index (χ0) is 13.3. The molecule has 0 aromatic heterocycles. The van der Waals surface area contributed by atoms with Crippen molar-refractivity contribution in [1.82, 2.24) is 10.2 Å². The first-order valence-corrected chi connectivity index (χ1v) is 6.20. The van der Waals surface area contributed by atoms with E-state index >= 15 is 0 Å². The average Bonchev–Trinajstić information content (AvgIpc) is 2.24. The number of nitrogens with zero attached hydrogens (tertiary/aromatic N) is 1. The topological polar surface area (TPSA) is 69.6 Å². The van der Waals surface area contributed by atoms with E-state index in [1.165, 1.54) is 0 Å². The highest BCUT2D eigenvalue weighted by Gasteiger charge is 2.12. The first-order valence-electron chi connectivity index (χ1n) is 6.20. The van der Waals surface area contributed by atoms with Crippen LogP contribution in [0.3, 0.4) is 0 Å². The van der Waals surface area contributed by atoms with Crippen molar-refractivity contribution < 1.29 is 14.7 Å². The molecule has 17 heavy (non-hydrogen) atoms. The maximum atomic E-state index is 11.7. The highest BCUT2D eigenvalue weighted by atomic mass is 16.4. The van der Waals surface area contributed by atoms with Gasteiger partial charge in [0.25, 0.3) is 0 Å². The number of amides is 1. The van der Waals surface area contributed by atoms with E-state index in [0.717, 1.165) is 13.0 Å². The second kappa shape index (κ2) is 8.98. The zero-order valence-corrected chi connectivity index (χ0v) is 11.0. The lowest BCUT2D eigenvalue weighted by molar-refractivity contribution is -0.138. The molecule has 0 aliphatic rings. The van der Waals surface area contributed by atoms with Crippen LogP contribution in [0, 0.1) is 0 Å². The number of carbonyl (C=O) groups is 2.